The second-order valence-corrected chi connectivity index (χ2v) is 8.36. The van der Waals surface area contributed by atoms with E-state index < -0.39 is 15.3 Å². The summed E-state index contributed by atoms with van der Waals surface area (Å²) in [6.45, 7) is 1.70. The molecule has 0 spiro atoms. The number of carbonyl (C=O) groups excluding carboxylic acids is 1. The van der Waals surface area contributed by atoms with E-state index in [1.165, 1.54) is 18.2 Å². The summed E-state index contributed by atoms with van der Waals surface area (Å²) in [7, 11) is -3.82. The number of hydrogen-bond acceptors (Lipinski definition) is 7. The SMILES string of the molecule is C[C@H](Sc1nnc(C2CC2)o1)C(=O)Nc1cccc(S(N)(=O)=O)c1. The Kier molecular flexibility index (Phi) is 4.61. The molecule has 1 aliphatic carbocycles. The molecule has 1 aliphatic rings. The fraction of sp³-hybridized carbons (Fsp3) is 0.357. The molecule has 1 aromatic heterocycles. The van der Waals surface area contributed by atoms with Crippen LogP contribution < -0.4 is 10.5 Å². The summed E-state index contributed by atoms with van der Waals surface area (Å²) < 4.78 is 28.2. The Morgan fingerprint density at radius 1 is 1.42 bits per heavy atom. The third kappa shape index (κ3) is 4.13. The lowest BCUT2D eigenvalue weighted by molar-refractivity contribution is -0.115. The minimum atomic E-state index is -3.82. The number of nitrogens with two attached hydrogens (primary N) is 1. The maximum atomic E-state index is 12.2. The monoisotopic (exact) mass is 368 g/mol. The highest BCUT2D eigenvalue weighted by Crippen LogP contribution is 2.40. The summed E-state index contributed by atoms with van der Waals surface area (Å²) in [5, 5.41) is 15.5. The van der Waals surface area contributed by atoms with Crippen LogP contribution >= 0.6 is 11.8 Å². The molecule has 0 bridgehead atoms. The van der Waals surface area contributed by atoms with Crippen molar-refractivity contribution in [1.29, 1.82) is 0 Å². The molecule has 1 heterocycles. The van der Waals surface area contributed by atoms with Crippen LogP contribution in [0.25, 0.3) is 0 Å². The first-order valence-corrected chi connectivity index (χ1v) is 9.69. The van der Waals surface area contributed by atoms with Gasteiger partial charge in [-0.15, -0.1) is 10.2 Å². The third-order valence-electron chi connectivity index (χ3n) is 3.43. The Morgan fingerprint density at radius 3 is 2.83 bits per heavy atom. The number of nitrogens with zero attached hydrogens (tertiary/aromatic N) is 2. The van der Waals surface area contributed by atoms with Crippen LogP contribution in [0.4, 0.5) is 5.69 Å². The van der Waals surface area contributed by atoms with E-state index >= 15 is 0 Å². The molecule has 3 rings (SSSR count). The van der Waals surface area contributed by atoms with Gasteiger partial charge in [0.05, 0.1) is 10.1 Å². The maximum Gasteiger partial charge on any atom is 0.277 e. The highest BCUT2D eigenvalue weighted by molar-refractivity contribution is 8.00. The molecule has 0 unspecified atom stereocenters. The van der Waals surface area contributed by atoms with Crippen LogP contribution in [0.15, 0.2) is 38.8 Å². The summed E-state index contributed by atoms with van der Waals surface area (Å²) in [5.41, 5.74) is 0.350. The van der Waals surface area contributed by atoms with Gasteiger partial charge in [-0.05, 0) is 38.0 Å². The molecule has 1 aromatic carbocycles. The van der Waals surface area contributed by atoms with Gasteiger partial charge < -0.3 is 9.73 Å². The molecule has 0 saturated heterocycles. The number of thioether (sulfide) groups is 1. The van der Waals surface area contributed by atoms with Gasteiger partial charge in [-0.25, -0.2) is 13.6 Å². The minimum Gasteiger partial charge on any atom is -0.416 e. The molecule has 1 amide bonds. The van der Waals surface area contributed by atoms with Crippen molar-refractivity contribution in [2.24, 2.45) is 5.14 Å². The van der Waals surface area contributed by atoms with E-state index in [-0.39, 0.29) is 10.8 Å². The van der Waals surface area contributed by atoms with E-state index in [9.17, 15) is 13.2 Å². The minimum absolute atomic E-state index is 0.0633. The number of amides is 1. The average molecular weight is 368 g/mol. The number of carbonyl (C=O) groups is 1. The topological polar surface area (TPSA) is 128 Å². The van der Waals surface area contributed by atoms with Gasteiger partial charge >= 0.3 is 0 Å². The molecule has 1 fully saturated rings. The Hall–Kier alpha value is -1.91. The molecule has 0 radical (unpaired) electrons. The molecule has 10 heteroatoms. The van der Waals surface area contributed by atoms with Gasteiger partial charge in [-0.2, -0.15) is 0 Å². The van der Waals surface area contributed by atoms with Crippen molar-refractivity contribution in [1.82, 2.24) is 10.2 Å². The number of hydrogen-bond donors (Lipinski definition) is 2. The zero-order valence-corrected chi connectivity index (χ0v) is 14.4. The van der Waals surface area contributed by atoms with Crippen LogP contribution in [0.3, 0.4) is 0 Å². The number of benzene rings is 1. The van der Waals surface area contributed by atoms with Crippen LogP contribution in [-0.2, 0) is 14.8 Å². The molecule has 1 saturated carbocycles. The highest BCUT2D eigenvalue weighted by Gasteiger charge is 2.30. The van der Waals surface area contributed by atoms with Gasteiger partial charge in [0.2, 0.25) is 21.8 Å². The zero-order valence-electron chi connectivity index (χ0n) is 12.8. The predicted molar refractivity (Wildman–Crippen MR) is 88.0 cm³/mol. The molecule has 8 nitrogen and oxygen atoms in total. The van der Waals surface area contributed by atoms with Gasteiger partial charge in [0.15, 0.2) is 0 Å². The Balaban J connectivity index is 1.63. The van der Waals surface area contributed by atoms with Crippen molar-refractivity contribution in [3.05, 3.63) is 30.2 Å². The van der Waals surface area contributed by atoms with Crippen molar-refractivity contribution < 1.29 is 17.6 Å². The summed E-state index contributed by atoms with van der Waals surface area (Å²) >= 11 is 1.15. The number of anilines is 1. The van der Waals surface area contributed by atoms with Crippen LogP contribution in [0.1, 0.15) is 31.6 Å². The number of rotatable bonds is 6. The number of primary sulfonamides is 1. The van der Waals surface area contributed by atoms with Gasteiger partial charge in [-0.1, -0.05) is 17.8 Å². The first-order valence-electron chi connectivity index (χ1n) is 7.27. The molecule has 0 aliphatic heterocycles. The predicted octanol–water partition coefficient (Wildman–Crippen LogP) is 1.71. The number of sulfonamides is 1. The van der Waals surface area contributed by atoms with E-state index in [4.69, 9.17) is 9.56 Å². The highest BCUT2D eigenvalue weighted by atomic mass is 32.2. The lowest BCUT2D eigenvalue weighted by atomic mass is 10.3. The normalized spacial score (nSPS) is 15.9. The summed E-state index contributed by atoms with van der Waals surface area (Å²) in [4.78, 5) is 12.2. The van der Waals surface area contributed by atoms with E-state index in [0.29, 0.717) is 22.7 Å². The molecule has 128 valence electrons. The summed E-state index contributed by atoms with van der Waals surface area (Å²) in [6.07, 6.45) is 2.12. The Bertz CT molecular complexity index is 861. The van der Waals surface area contributed by atoms with Crippen molar-refractivity contribution in [3.63, 3.8) is 0 Å². The van der Waals surface area contributed by atoms with Gasteiger partial charge in [0.1, 0.15) is 0 Å². The van der Waals surface area contributed by atoms with Crippen molar-refractivity contribution in [2.45, 2.75) is 41.1 Å². The molecule has 24 heavy (non-hydrogen) atoms. The largest absolute Gasteiger partial charge is 0.416 e. The van der Waals surface area contributed by atoms with Crippen molar-refractivity contribution in [3.8, 4) is 0 Å². The Labute approximate surface area is 143 Å². The molecular formula is C14H16N4O4S2. The Morgan fingerprint density at radius 2 is 2.17 bits per heavy atom. The summed E-state index contributed by atoms with van der Waals surface area (Å²) in [6, 6.07) is 5.76. The van der Waals surface area contributed by atoms with Crippen LogP contribution in [0.5, 0.6) is 0 Å². The lowest BCUT2D eigenvalue weighted by Crippen LogP contribution is -2.22. The van der Waals surface area contributed by atoms with Gasteiger partial charge in [-0.3, -0.25) is 4.79 Å². The van der Waals surface area contributed by atoms with Crippen molar-refractivity contribution >= 4 is 33.4 Å². The standard InChI is InChI=1S/C14H16N4O4S2/c1-8(23-14-18-17-13(22-14)9-5-6-9)12(19)16-10-3-2-4-11(7-10)24(15,20)21/h2-4,7-9H,5-6H2,1H3,(H,16,19)(H2,15,20,21)/t8-/m0/s1. The van der Waals surface area contributed by atoms with E-state index in [0.717, 1.165) is 24.6 Å². The fourth-order valence-electron chi connectivity index (χ4n) is 1.96. The van der Waals surface area contributed by atoms with Crippen LogP contribution in [-0.4, -0.2) is 29.8 Å². The number of aromatic nitrogens is 2. The lowest BCUT2D eigenvalue weighted by Gasteiger charge is -2.10. The second kappa shape index (κ2) is 6.54. The quantitative estimate of drug-likeness (QED) is 0.743. The number of nitrogens with one attached hydrogen (secondary N) is 1. The average Bonchev–Trinajstić information content (AvgIpc) is 3.27. The first-order chi connectivity index (χ1) is 11.3. The zero-order chi connectivity index (χ0) is 17.3. The fourth-order valence-corrected chi connectivity index (χ4v) is 3.21. The van der Waals surface area contributed by atoms with Crippen LogP contribution in [0, 0.1) is 0 Å². The first kappa shape index (κ1) is 16.9. The molecule has 2 aromatic rings. The maximum absolute atomic E-state index is 12.2. The van der Waals surface area contributed by atoms with E-state index in [1.54, 1.807) is 13.0 Å². The smallest absolute Gasteiger partial charge is 0.277 e. The van der Waals surface area contributed by atoms with Gasteiger partial charge in [0.25, 0.3) is 5.22 Å². The third-order valence-corrected chi connectivity index (χ3v) is 5.27. The van der Waals surface area contributed by atoms with E-state index in [1.807, 2.05) is 0 Å². The second-order valence-electron chi connectivity index (χ2n) is 5.50. The summed E-state index contributed by atoms with van der Waals surface area (Å²) in [5.74, 6) is 0.667. The molecule has 1 atom stereocenters. The van der Waals surface area contributed by atoms with Crippen molar-refractivity contribution in [2.75, 3.05) is 5.32 Å². The molecular weight excluding hydrogens is 352 g/mol. The molecule has 3 N–H and O–H groups in total. The van der Waals surface area contributed by atoms with E-state index in [2.05, 4.69) is 15.5 Å². The van der Waals surface area contributed by atoms with Crippen LogP contribution in [0.2, 0.25) is 0 Å². The van der Waals surface area contributed by atoms with Gasteiger partial charge in [0, 0.05) is 11.6 Å².